The lowest BCUT2D eigenvalue weighted by atomic mass is 9.95. The smallest absolute Gasteiger partial charge is 0.277 e. The number of nitrogens with zero attached hydrogens (tertiary/aromatic N) is 5. The third-order valence-electron chi connectivity index (χ3n) is 7.53. The Kier molecular flexibility index (Phi) is 10.0. The van der Waals surface area contributed by atoms with Gasteiger partial charge in [-0.1, -0.05) is 33.1 Å². The number of hydrogen-bond acceptors (Lipinski definition) is 7. The summed E-state index contributed by atoms with van der Waals surface area (Å²) < 4.78 is 37.6. The lowest BCUT2D eigenvalue weighted by molar-refractivity contribution is 0.242. The summed E-state index contributed by atoms with van der Waals surface area (Å²) in [5.41, 5.74) is 1.26. The molecule has 0 spiro atoms. The van der Waals surface area contributed by atoms with Gasteiger partial charge in [-0.3, -0.25) is 4.79 Å². The molecule has 0 radical (unpaired) electrons. The minimum atomic E-state index is -3.81. The van der Waals surface area contributed by atoms with Crippen LogP contribution in [0.2, 0.25) is 0 Å². The van der Waals surface area contributed by atoms with E-state index in [0.717, 1.165) is 51.5 Å². The van der Waals surface area contributed by atoms with Crippen LogP contribution >= 0.6 is 0 Å². The molecule has 1 N–H and O–H groups in total. The molecular weight excluding hydrogens is 528 g/mol. The van der Waals surface area contributed by atoms with Crippen LogP contribution in [0.4, 0.5) is 0 Å². The van der Waals surface area contributed by atoms with Gasteiger partial charge in [0.25, 0.3) is 5.56 Å². The molecule has 11 heteroatoms. The highest BCUT2D eigenvalue weighted by atomic mass is 32.2. The first-order valence-corrected chi connectivity index (χ1v) is 16.1. The maximum atomic E-state index is 14.2. The monoisotopic (exact) mass is 572 g/mol. The second kappa shape index (κ2) is 13.3. The van der Waals surface area contributed by atoms with Crippen LogP contribution in [0.25, 0.3) is 16.9 Å². The van der Waals surface area contributed by atoms with Gasteiger partial charge in [-0.25, -0.2) is 17.9 Å². The molecule has 4 rings (SSSR count). The number of benzene rings is 1. The van der Waals surface area contributed by atoms with Crippen LogP contribution in [0.5, 0.6) is 5.75 Å². The van der Waals surface area contributed by atoms with E-state index in [-0.39, 0.29) is 22.3 Å². The van der Waals surface area contributed by atoms with Crippen molar-refractivity contribution >= 4 is 15.5 Å². The topological polar surface area (TPSA) is 113 Å². The highest BCUT2D eigenvalue weighted by molar-refractivity contribution is 7.89. The zero-order valence-electron chi connectivity index (χ0n) is 24.6. The predicted molar refractivity (Wildman–Crippen MR) is 158 cm³/mol. The number of hydrogen-bond donors (Lipinski definition) is 1. The van der Waals surface area contributed by atoms with Gasteiger partial charge in [0, 0.05) is 19.0 Å². The number of rotatable bonds is 13. The molecular formula is C29H44N6O4S. The van der Waals surface area contributed by atoms with E-state index in [1.807, 2.05) is 27.9 Å². The van der Waals surface area contributed by atoms with E-state index in [1.165, 1.54) is 0 Å². The number of aromatic nitrogens is 4. The summed E-state index contributed by atoms with van der Waals surface area (Å²) in [6.45, 7) is 7.54. The summed E-state index contributed by atoms with van der Waals surface area (Å²) in [7, 11) is 0.187. The van der Waals surface area contributed by atoms with Crippen molar-refractivity contribution in [3.63, 3.8) is 0 Å². The van der Waals surface area contributed by atoms with Gasteiger partial charge in [0.05, 0.1) is 22.8 Å². The van der Waals surface area contributed by atoms with Crippen molar-refractivity contribution in [1.29, 1.82) is 0 Å². The Labute approximate surface area is 237 Å². The molecule has 0 saturated heterocycles. The van der Waals surface area contributed by atoms with Crippen molar-refractivity contribution in [2.75, 3.05) is 33.8 Å². The summed E-state index contributed by atoms with van der Waals surface area (Å²) in [5, 5.41) is 4.77. The van der Waals surface area contributed by atoms with Crippen LogP contribution in [0.3, 0.4) is 0 Å². The standard InChI is InChI=1S/C29H44N6O4S/c1-6-13-26-30-24(7-2)27-29(36)31-28(32-35(26)27)23-20-22(16-17-25(23)39-8-3)40(37,38)34(19-12-18-33(4)5)21-14-10-9-11-15-21/h16-17,20-21H,6-15,18-19H2,1-5H3,(H,31,32,36). The average Bonchev–Trinajstić information content (AvgIpc) is 3.30. The molecule has 0 amide bonds. The van der Waals surface area contributed by atoms with Gasteiger partial charge in [-0.05, 0) is 77.9 Å². The Morgan fingerprint density at radius 3 is 2.50 bits per heavy atom. The van der Waals surface area contributed by atoms with Gasteiger partial charge in [0.1, 0.15) is 11.6 Å². The highest BCUT2D eigenvalue weighted by Crippen LogP contribution is 2.34. The molecule has 1 aliphatic carbocycles. The third-order valence-corrected chi connectivity index (χ3v) is 9.48. The maximum absolute atomic E-state index is 14.2. The molecule has 0 aliphatic heterocycles. The van der Waals surface area contributed by atoms with Crippen LogP contribution in [-0.2, 0) is 22.9 Å². The second-order valence-corrected chi connectivity index (χ2v) is 12.7. The fraction of sp³-hybridized carbons (Fsp3) is 0.621. The quantitative estimate of drug-likeness (QED) is 0.325. The van der Waals surface area contributed by atoms with Crippen molar-refractivity contribution in [2.45, 2.75) is 89.5 Å². The molecule has 0 atom stereocenters. The summed E-state index contributed by atoms with van der Waals surface area (Å²) in [5.74, 6) is 1.44. The van der Waals surface area contributed by atoms with E-state index in [2.05, 4.69) is 21.8 Å². The van der Waals surface area contributed by atoms with Crippen LogP contribution < -0.4 is 10.3 Å². The van der Waals surface area contributed by atoms with E-state index in [0.29, 0.717) is 54.3 Å². The largest absolute Gasteiger partial charge is 0.493 e. The molecule has 2 heterocycles. The Morgan fingerprint density at radius 1 is 1.10 bits per heavy atom. The lowest BCUT2D eigenvalue weighted by Gasteiger charge is -2.34. The molecule has 1 fully saturated rings. The molecule has 40 heavy (non-hydrogen) atoms. The van der Waals surface area contributed by atoms with Gasteiger partial charge in [-0.15, -0.1) is 5.10 Å². The summed E-state index contributed by atoms with van der Waals surface area (Å²) >= 11 is 0. The second-order valence-electron chi connectivity index (χ2n) is 10.8. The van der Waals surface area contributed by atoms with Crippen LogP contribution in [0, 0.1) is 0 Å². The Balaban J connectivity index is 1.82. The van der Waals surface area contributed by atoms with Crippen molar-refractivity contribution in [3.8, 4) is 17.1 Å². The molecule has 1 aromatic carbocycles. The molecule has 220 valence electrons. The van der Waals surface area contributed by atoms with Gasteiger partial charge >= 0.3 is 0 Å². The van der Waals surface area contributed by atoms with Gasteiger partial charge in [-0.2, -0.15) is 4.31 Å². The molecule has 10 nitrogen and oxygen atoms in total. The van der Waals surface area contributed by atoms with Crippen LogP contribution in [0.15, 0.2) is 27.9 Å². The number of aromatic amines is 1. The van der Waals surface area contributed by atoms with E-state index >= 15 is 0 Å². The average molecular weight is 573 g/mol. The lowest BCUT2D eigenvalue weighted by Crippen LogP contribution is -2.42. The number of imidazole rings is 1. The number of H-pyrrole nitrogens is 1. The fourth-order valence-corrected chi connectivity index (χ4v) is 7.32. The molecule has 0 bridgehead atoms. The molecule has 1 aliphatic rings. The summed E-state index contributed by atoms with van der Waals surface area (Å²) in [4.78, 5) is 23.1. The summed E-state index contributed by atoms with van der Waals surface area (Å²) in [6.07, 6.45) is 7.85. The highest BCUT2D eigenvalue weighted by Gasteiger charge is 2.33. The van der Waals surface area contributed by atoms with E-state index in [1.54, 1.807) is 27.0 Å². The van der Waals surface area contributed by atoms with Crippen LogP contribution in [0.1, 0.15) is 77.2 Å². The SMILES string of the molecule is CCCc1nc(CC)c2c(=O)[nH]c(-c3cc(S(=O)(=O)N(CCCN(C)C)C4CCCCC4)ccc3OCC)nn12. The minimum absolute atomic E-state index is 0.0137. The summed E-state index contributed by atoms with van der Waals surface area (Å²) in [6, 6.07) is 4.87. The number of sulfonamides is 1. The zero-order valence-corrected chi connectivity index (χ0v) is 25.4. The number of aryl methyl sites for hydroxylation is 2. The number of ether oxygens (including phenoxy) is 1. The third kappa shape index (κ3) is 6.42. The van der Waals surface area contributed by atoms with Crippen molar-refractivity contribution in [3.05, 3.63) is 40.1 Å². The van der Waals surface area contributed by atoms with Crippen molar-refractivity contribution < 1.29 is 13.2 Å². The first-order valence-electron chi connectivity index (χ1n) is 14.7. The minimum Gasteiger partial charge on any atom is -0.493 e. The Hall–Kier alpha value is -2.76. The fourth-order valence-electron chi connectivity index (χ4n) is 5.57. The zero-order chi connectivity index (χ0) is 28.9. The number of fused-ring (bicyclic) bond motifs is 1. The Morgan fingerprint density at radius 2 is 1.85 bits per heavy atom. The Bertz CT molecular complexity index is 1460. The maximum Gasteiger partial charge on any atom is 0.277 e. The molecule has 3 aromatic rings. The molecule has 1 saturated carbocycles. The van der Waals surface area contributed by atoms with E-state index in [9.17, 15) is 13.2 Å². The molecule has 2 aromatic heterocycles. The van der Waals surface area contributed by atoms with Gasteiger partial charge in [0.2, 0.25) is 10.0 Å². The van der Waals surface area contributed by atoms with Crippen molar-refractivity contribution in [1.82, 2.24) is 28.8 Å². The normalized spacial score (nSPS) is 15.0. The van der Waals surface area contributed by atoms with Crippen molar-refractivity contribution in [2.24, 2.45) is 0 Å². The van der Waals surface area contributed by atoms with Gasteiger partial charge in [0.15, 0.2) is 11.3 Å². The molecule has 0 unspecified atom stereocenters. The predicted octanol–water partition coefficient (Wildman–Crippen LogP) is 4.27. The van der Waals surface area contributed by atoms with E-state index in [4.69, 9.17) is 9.84 Å². The van der Waals surface area contributed by atoms with E-state index < -0.39 is 10.0 Å². The van der Waals surface area contributed by atoms with Crippen LogP contribution in [-0.4, -0.2) is 77.0 Å². The first kappa shape index (κ1) is 30.2. The number of nitrogens with one attached hydrogen (secondary N) is 1. The first-order chi connectivity index (χ1) is 19.2. The van der Waals surface area contributed by atoms with Gasteiger partial charge < -0.3 is 14.6 Å².